The van der Waals surface area contributed by atoms with Crippen LogP contribution in [0, 0.1) is 17.9 Å². The summed E-state index contributed by atoms with van der Waals surface area (Å²) in [4.78, 5) is 5.62. The number of ether oxygens (including phenoxy) is 1. The highest BCUT2D eigenvalue weighted by atomic mass is 16.5. The summed E-state index contributed by atoms with van der Waals surface area (Å²) in [5.41, 5.74) is 5.13. The molecule has 0 aliphatic carbocycles. The summed E-state index contributed by atoms with van der Waals surface area (Å²) in [6, 6.07) is 35.6. The summed E-state index contributed by atoms with van der Waals surface area (Å²) >= 11 is 0. The zero-order valence-electron chi connectivity index (χ0n) is 20.5. The van der Waals surface area contributed by atoms with Crippen LogP contribution < -0.4 is 4.90 Å². The first-order valence-electron chi connectivity index (χ1n) is 12.2. The molecule has 1 aliphatic rings. The summed E-state index contributed by atoms with van der Waals surface area (Å²) in [5, 5.41) is 11.6. The second-order valence-corrected chi connectivity index (χ2v) is 8.87. The Labute approximate surface area is 217 Å². The highest BCUT2D eigenvalue weighted by molar-refractivity contribution is 5.98. The van der Waals surface area contributed by atoms with Crippen molar-refractivity contribution in [3.63, 3.8) is 0 Å². The normalized spacial score (nSPS) is 16.4. The molecule has 4 nitrogen and oxygen atoms in total. The number of anilines is 3. The van der Waals surface area contributed by atoms with Gasteiger partial charge >= 0.3 is 0 Å². The van der Waals surface area contributed by atoms with E-state index >= 15 is 0 Å². The number of fused-ring (bicyclic) bond motifs is 1. The fourth-order valence-electron chi connectivity index (χ4n) is 4.59. The Kier molecular flexibility index (Phi) is 6.84. The van der Waals surface area contributed by atoms with Gasteiger partial charge in [0.2, 0.25) is 0 Å². The van der Waals surface area contributed by atoms with Crippen molar-refractivity contribution in [3.05, 3.63) is 143 Å². The number of benzene rings is 4. The third-order valence-electron chi connectivity index (χ3n) is 6.30. The summed E-state index contributed by atoms with van der Waals surface area (Å²) in [7, 11) is 0. The number of allylic oxidation sites excluding steroid dienone is 3. The minimum Gasteiger partial charge on any atom is -0.490 e. The van der Waals surface area contributed by atoms with E-state index in [0.717, 1.165) is 28.2 Å². The molecular weight excluding hydrogens is 454 g/mol. The van der Waals surface area contributed by atoms with E-state index in [-0.39, 0.29) is 11.8 Å². The van der Waals surface area contributed by atoms with Crippen molar-refractivity contribution >= 4 is 33.9 Å². The van der Waals surface area contributed by atoms with Gasteiger partial charge in [0, 0.05) is 23.2 Å². The third-order valence-corrected chi connectivity index (χ3v) is 6.30. The predicted octanol–water partition coefficient (Wildman–Crippen LogP) is 8.71. The Bertz CT molecular complexity index is 1580. The highest BCUT2D eigenvalue weighted by Crippen LogP contribution is 2.38. The van der Waals surface area contributed by atoms with Gasteiger partial charge in [-0.2, -0.15) is 0 Å². The highest BCUT2D eigenvalue weighted by Gasteiger charge is 2.18. The van der Waals surface area contributed by atoms with E-state index in [2.05, 4.69) is 101 Å². The quantitative estimate of drug-likeness (QED) is 0.212. The molecule has 4 heteroatoms. The van der Waals surface area contributed by atoms with Crippen molar-refractivity contribution in [2.24, 2.45) is 0 Å². The fraction of sp³-hybridized carbons (Fsp3) is 0.0909. The summed E-state index contributed by atoms with van der Waals surface area (Å²) in [6.07, 6.45) is 6.13. The van der Waals surface area contributed by atoms with Gasteiger partial charge in [0.15, 0.2) is 0 Å². The van der Waals surface area contributed by atoms with Gasteiger partial charge in [-0.3, -0.25) is 0 Å². The van der Waals surface area contributed by atoms with Crippen LogP contribution >= 0.6 is 0 Å². The largest absolute Gasteiger partial charge is 0.490 e. The number of hydrogen-bond acceptors (Lipinski definition) is 3. The predicted molar refractivity (Wildman–Crippen MR) is 150 cm³/mol. The molecule has 4 aromatic carbocycles. The fourth-order valence-corrected chi connectivity index (χ4v) is 4.59. The summed E-state index contributed by atoms with van der Waals surface area (Å²) in [5.74, 6) is 0.649. The molecule has 4 aromatic rings. The molecule has 0 amide bonds. The van der Waals surface area contributed by atoms with Gasteiger partial charge in [0.25, 0.3) is 5.70 Å². The third kappa shape index (κ3) is 5.15. The molecule has 1 aliphatic heterocycles. The maximum atomic E-state index is 9.24. The molecule has 1 heterocycles. The van der Waals surface area contributed by atoms with Gasteiger partial charge in [-0.1, -0.05) is 72.8 Å². The maximum absolute atomic E-state index is 9.24. The van der Waals surface area contributed by atoms with Gasteiger partial charge in [-0.05, 0) is 65.9 Å². The molecule has 0 fully saturated rings. The van der Waals surface area contributed by atoms with E-state index in [1.807, 2.05) is 31.2 Å². The van der Waals surface area contributed by atoms with Crippen LogP contribution in [-0.4, -0.2) is 6.10 Å². The number of rotatable bonds is 5. The van der Waals surface area contributed by atoms with Crippen molar-refractivity contribution in [2.45, 2.75) is 19.4 Å². The second-order valence-electron chi connectivity index (χ2n) is 8.87. The van der Waals surface area contributed by atoms with Gasteiger partial charge in [-0.15, -0.1) is 0 Å². The Morgan fingerprint density at radius 1 is 0.919 bits per heavy atom. The zero-order chi connectivity index (χ0) is 25.6. The number of para-hydroxylation sites is 1. The molecule has 37 heavy (non-hydrogen) atoms. The van der Waals surface area contributed by atoms with Crippen LogP contribution in [-0.2, 0) is 4.74 Å². The summed E-state index contributed by atoms with van der Waals surface area (Å²) < 4.78 is 5.92. The zero-order valence-corrected chi connectivity index (χ0v) is 20.5. The lowest BCUT2D eigenvalue weighted by molar-refractivity contribution is 0.133. The molecule has 0 bridgehead atoms. The average Bonchev–Trinajstić information content (AvgIpc) is 2.94. The van der Waals surface area contributed by atoms with Crippen molar-refractivity contribution < 1.29 is 4.74 Å². The first-order valence-corrected chi connectivity index (χ1v) is 12.2. The van der Waals surface area contributed by atoms with Gasteiger partial charge in [-0.25, -0.2) is 10.1 Å². The second kappa shape index (κ2) is 10.7. The Hall–Kier alpha value is -5.06. The SMILES string of the molecule is [C-]#[N+]/C(C#N)=C1C=C(/C=C/c2ccc(N(c3ccccc3)c3cccc4ccccc34)cc2)OC(C)C\1. The number of nitriles is 1. The maximum Gasteiger partial charge on any atom is 0.265 e. The smallest absolute Gasteiger partial charge is 0.265 e. The average molecular weight is 480 g/mol. The van der Waals surface area contributed by atoms with Crippen molar-refractivity contribution in [1.29, 1.82) is 5.26 Å². The van der Waals surface area contributed by atoms with E-state index in [4.69, 9.17) is 11.3 Å². The van der Waals surface area contributed by atoms with Crippen LogP contribution in [0.15, 0.2) is 126 Å². The first-order chi connectivity index (χ1) is 18.2. The molecule has 1 unspecified atom stereocenters. The lowest BCUT2D eigenvalue weighted by Gasteiger charge is -2.27. The Balaban J connectivity index is 1.48. The Morgan fingerprint density at radius 3 is 2.38 bits per heavy atom. The van der Waals surface area contributed by atoms with Crippen LogP contribution in [0.5, 0.6) is 0 Å². The van der Waals surface area contributed by atoms with Crippen LogP contribution in [0.1, 0.15) is 18.9 Å². The van der Waals surface area contributed by atoms with Crippen molar-refractivity contribution in [1.82, 2.24) is 0 Å². The molecule has 0 aromatic heterocycles. The molecule has 0 N–H and O–H groups in total. The van der Waals surface area contributed by atoms with E-state index in [0.29, 0.717) is 12.2 Å². The van der Waals surface area contributed by atoms with Crippen molar-refractivity contribution in [2.75, 3.05) is 4.90 Å². The van der Waals surface area contributed by atoms with Crippen LogP contribution in [0.25, 0.3) is 21.7 Å². The molecule has 0 saturated carbocycles. The van der Waals surface area contributed by atoms with Gasteiger partial charge in [0.05, 0.1) is 24.4 Å². The standard InChI is InChI=1S/C33H25N3O/c1-24-21-27(32(23-34)35-2)22-30(37-24)20-17-25-15-18-29(19-16-25)36(28-11-4-3-5-12-28)33-14-8-10-26-9-6-7-13-31(26)33/h3-20,22,24H,21H2,1H3/b20-17+,32-27-. The van der Waals surface area contributed by atoms with E-state index < -0.39 is 0 Å². The summed E-state index contributed by atoms with van der Waals surface area (Å²) in [6.45, 7) is 9.18. The van der Waals surface area contributed by atoms with Gasteiger partial charge in [0.1, 0.15) is 5.76 Å². The number of hydrogen-bond donors (Lipinski definition) is 0. The van der Waals surface area contributed by atoms with Crippen LogP contribution in [0.4, 0.5) is 17.1 Å². The first kappa shape index (κ1) is 23.7. The molecule has 0 saturated heterocycles. The number of nitrogens with zero attached hydrogens (tertiary/aromatic N) is 3. The molecule has 0 radical (unpaired) electrons. The van der Waals surface area contributed by atoms with Crippen LogP contribution in [0.2, 0.25) is 0 Å². The van der Waals surface area contributed by atoms with Gasteiger partial charge < -0.3 is 9.64 Å². The minimum atomic E-state index is -0.0905. The minimum absolute atomic E-state index is 0.0905. The lowest BCUT2D eigenvalue weighted by Crippen LogP contribution is -2.13. The molecular formula is C33H25N3O. The van der Waals surface area contributed by atoms with E-state index in [1.165, 1.54) is 10.8 Å². The topological polar surface area (TPSA) is 40.6 Å². The monoisotopic (exact) mass is 479 g/mol. The molecule has 0 spiro atoms. The van der Waals surface area contributed by atoms with E-state index in [9.17, 15) is 5.26 Å². The Morgan fingerprint density at radius 2 is 1.62 bits per heavy atom. The lowest BCUT2D eigenvalue weighted by atomic mass is 10.0. The molecule has 5 rings (SSSR count). The molecule has 178 valence electrons. The molecule has 1 atom stereocenters. The van der Waals surface area contributed by atoms with Crippen LogP contribution in [0.3, 0.4) is 0 Å². The van der Waals surface area contributed by atoms with Crippen molar-refractivity contribution in [3.8, 4) is 6.07 Å². The van der Waals surface area contributed by atoms with E-state index in [1.54, 1.807) is 6.08 Å².